The summed E-state index contributed by atoms with van der Waals surface area (Å²) in [6.07, 6.45) is 1.55. The molecule has 0 radical (unpaired) electrons. The zero-order chi connectivity index (χ0) is 20.5. The molecule has 0 saturated carbocycles. The lowest BCUT2D eigenvalue weighted by atomic mass is 10.2. The third-order valence-electron chi connectivity index (χ3n) is 3.76. The Morgan fingerprint density at radius 2 is 1.55 bits per heavy atom. The van der Waals surface area contributed by atoms with Gasteiger partial charge in [0, 0.05) is 0 Å². The topological polar surface area (TPSA) is 59.9 Å². The van der Waals surface area contributed by atoms with Crippen molar-refractivity contribution in [3.8, 4) is 11.5 Å². The maximum atomic E-state index is 11.8. The van der Waals surface area contributed by atoms with Gasteiger partial charge in [0.15, 0.2) is 6.61 Å². The van der Waals surface area contributed by atoms with E-state index in [1.165, 1.54) is 0 Å². The van der Waals surface area contributed by atoms with Gasteiger partial charge in [-0.1, -0.05) is 48.5 Å². The van der Waals surface area contributed by atoms with Crippen LogP contribution in [0, 0.1) is 0 Å². The van der Waals surface area contributed by atoms with Crippen molar-refractivity contribution >= 4 is 44.0 Å². The number of rotatable bonds is 8. The van der Waals surface area contributed by atoms with E-state index in [0.717, 1.165) is 20.1 Å². The smallest absolute Gasteiger partial charge is 0.277 e. The number of carbonyl (C=O) groups is 1. The van der Waals surface area contributed by atoms with Crippen LogP contribution in [-0.2, 0) is 11.4 Å². The molecule has 0 aromatic heterocycles. The molecule has 1 N–H and O–H groups in total. The van der Waals surface area contributed by atoms with Gasteiger partial charge in [-0.15, -0.1) is 0 Å². The molecular formula is C22H18Br2N2O3. The van der Waals surface area contributed by atoms with Crippen molar-refractivity contribution in [1.82, 2.24) is 5.43 Å². The summed E-state index contributed by atoms with van der Waals surface area (Å²) in [6, 6.07) is 22.8. The van der Waals surface area contributed by atoms with E-state index < -0.39 is 0 Å². The summed E-state index contributed by atoms with van der Waals surface area (Å²) in [5.74, 6) is 0.989. The SMILES string of the molecule is O=C(COc1ccccc1)N/N=C\c1cc(Br)c(OCc2ccccc2)c(Br)c1. The summed E-state index contributed by atoms with van der Waals surface area (Å²) in [5.41, 5.74) is 4.32. The third kappa shape index (κ3) is 6.73. The second-order valence-electron chi connectivity index (χ2n) is 5.98. The molecule has 7 heteroatoms. The molecule has 0 unspecified atom stereocenters. The van der Waals surface area contributed by atoms with E-state index in [0.29, 0.717) is 18.1 Å². The number of benzene rings is 3. The van der Waals surface area contributed by atoms with E-state index in [1.54, 1.807) is 18.3 Å². The number of hydrogen-bond acceptors (Lipinski definition) is 4. The van der Waals surface area contributed by atoms with E-state index in [9.17, 15) is 4.79 Å². The number of amides is 1. The van der Waals surface area contributed by atoms with E-state index in [1.807, 2.05) is 60.7 Å². The number of nitrogens with zero attached hydrogens (tertiary/aromatic N) is 1. The Kier molecular flexibility index (Phi) is 7.84. The van der Waals surface area contributed by atoms with Crippen LogP contribution in [0.3, 0.4) is 0 Å². The lowest BCUT2D eigenvalue weighted by molar-refractivity contribution is -0.123. The molecule has 0 aliphatic heterocycles. The molecule has 0 saturated heterocycles. The van der Waals surface area contributed by atoms with Crippen LogP contribution in [0.15, 0.2) is 86.8 Å². The van der Waals surface area contributed by atoms with E-state index >= 15 is 0 Å². The number of hydrogen-bond donors (Lipinski definition) is 1. The minimum absolute atomic E-state index is 0.110. The monoisotopic (exact) mass is 516 g/mol. The summed E-state index contributed by atoms with van der Waals surface area (Å²) in [6.45, 7) is 0.351. The van der Waals surface area contributed by atoms with Crippen molar-refractivity contribution in [1.29, 1.82) is 0 Å². The van der Waals surface area contributed by atoms with Crippen molar-refractivity contribution in [3.63, 3.8) is 0 Å². The second-order valence-corrected chi connectivity index (χ2v) is 7.69. The number of hydrazone groups is 1. The summed E-state index contributed by atoms with van der Waals surface area (Å²) < 4.78 is 12.8. The summed E-state index contributed by atoms with van der Waals surface area (Å²) in [7, 11) is 0. The van der Waals surface area contributed by atoms with Gasteiger partial charge < -0.3 is 9.47 Å². The molecule has 5 nitrogen and oxygen atoms in total. The number of halogens is 2. The van der Waals surface area contributed by atoms with Gasteiger partial charge in [0.1, 0.15) is 18.1 Å². The molecule has 148 valence electrons. The van der Waals surface area contributed by atoms with Crippen LogP contribution in [0.5, 0.6) is 11.5 Å². The summed E-state index contributed by atoms with van der Waals surface area (Å²) >= 11 is 7.04. The number of carbonyl (C=O) groups excluding carboxylic acids is 1. The van der Waals surface area contributed by atoms with Gasteiger partial charge in [0.05, 0.1) is 15.2 Å². The second kappa shape index (κ2) is 10.8. The quantitative estimate of drug-likeness (QED) is 0.325. The van der Waals surface area contributed by atoms with Gasteiger partial charge in [-0.05, 0) is 67.3 Å². The maximum absolute atomic E-state index is 11.8. The van der Waals surface area contributed by atoms with Crippen molar-refractivity contribution in [2.75, 3.05) is 6.61 Å². The third-order valence-corrected chi connectivity index (χ3v) is 4.94. The van der Waals surface area contributed by atoms with Gasteiger partial charge in [-0.3, -0.25) is 4.79 Å². The average Bonchev–Trinajstić information content (AvgIpc) is 2.73. The fraction of sp³-hybridized carbons (Fsp3) is 0.0909. The minimum atomic E-state index is -0.342. The Morgan fingerprint density at radius 3 is 2.21 bits per heavy atom. The number of nitrogens with one attached hydrogen (secondary N) is 1. The normalized spacial score (nSPS) is 10.7. The van der Waals surface area contributed by atoms with E-state index in [4.69, 9.17) is 9.47 Å². The fourth-order valence-electron chi connectivity index (χ4n) is 2.40. The lowest BCUT2D eigenvalue weighted by Crippen LogP contribution is -2.24. The average molecular weight is 518 g/mol. The first kappa shape index (κ1) is 21.1. The fourth-order valence-corrected chi connectivity index (χ4v) is 3.85. The molecule has 3 aromatic rings. The summed E-state index contributed by atoms with van der Waals surface area (Å²) in [5, 5.41) is 3.97. The van der Waals surface area contributed by atoms with Gasteiger partial charge in [0.2, 0.25) is 0 Å². The number of ether oxygens (including phenoxy) is 2. The van der Waals surface area contributed by atoms with Crippen LogP contribution in [-0.4, -0.2) is 18.7 Å². The van der Waals surface area contributed by atoms with E-state index in [-0.39, 0.29) is 12.5 Å². The molecule has 0 fully saturated rings. The molecule has 0 aliphatic rings. The first-order valence-electron chi connectivity index (χ1n) is 8.77. The van der Waals surface area contributed by atoms with Crippen molar-refractivity contribution in [2.24, 2.45) is 5.10 Å². The molecule has 3 rings (SSSR count). The van der Waals surface area contributed by atoms with E-state index in [2.05, 4.69) is 42.4 Å². The molecule has 29 heavy (non-hydrogen) atoms. The molecule has 3 aromatic carbocycles. The first-order valence-corrected chi connectivity index (χ1v) is 10.4. The molecule has 1 amide bonds. The zero-order valence-electron chi connectivity index (χ0n) is 15.3. The Morgan fingerprint density at radius 1 is 0.931 bits per heavy atom. The van der Waals surface area contributed by atoms with Gasteiger partial charge in [-0.2, -0.15) is 5.10 Å². The Bertz CT molecular complexity index is 957. The highest BCUT2D eigenvalue weighted by Crippen LogP contribution is 2.35. The zero-order valence-corrected chi connectivity index (χ0v) is 18.5. The molecule has 0 aliphatic carbocycles. The minimum Gasteiger partial charge on any atom is -0.487 e. The van der Waals surface area contributed by atoms with Crippen LogP contribution < -0.4 is 14.9 Å². The first-order chi connectivity index (χ1) is 14.1. The van der Waals surface area contributed by atoms with Crippen molar-refractivity contribution < 1.29 is 14.3 Å². The Hall–Kier alpha value is -2.64. The van der Waals surface area contributed by atoms with Crippen molar-refractivity contribution in [2.45, 2.75) is 6.61 Å². The van der Waals surface area contributed by atoms with Crippen LogP contribution in [0.25, 0.3) is 0 Å². The van der Waals surface area contributed by atoms with Crippen LogP contribution in [0.4, 0.5) is 0 Å². The highest BCUT2D eigenvalue weighted by atomic mass is 79.9. The molecule has 0 spiro atoms. The predicted octanol–water partition coefficient (Wildman–Crippen LogP) is 5.32. The van der Waals surface area contributed by atoms with Gasteiger partial charge in [-0.25, -0.2) is 5.43 Å². The number of para-hydroxylation sites is 1. The molecular weight excluding hydrogens is 500 g/mol. The molecule has 0 heterocycles. The van der Waals surface area contributed by atoms with Crippen LogP contribution in [0.2, 0.25) is 0 Å². The highest BCUT2D eigenvalue weighted by Gasteiger charge is 2.09. The van der Waals surface area contributed by atoms with Gasteiger partial charge >= 0.3 is 0 Å². The Balaban J connectivity index is 1.53. The summed E-state index contributed by atoms with van der Waals surface area (Å²) in [4.78, 5) is 11.8. The molecule has 0 bridgehead atoms. The lowest BCUT2D eigenvalue weighted by Gasteiger charge is -2.11. The standard InChI is InChI=1S/C22H18Br2N2O3/c23-19-11-17(12-20(24)22(19)29-14-16-7-3-1-4-8-16)13-25-26-21(27)15-28-18-9-5-2-6-10-18/h1-13H,14-15H2,(H,26,27)/b25-13-. The van der Waals surface area contributed by atoms with Crippen LogP contribution >= 0.6 is 31.9 Å². The molecule has 0 atom stereocenters. The Labute approximate surface area is 186 Å². The highest BCUT2D eigenvalue weighted by molar-refractivity contribution is 9.11. The van der Waals surface area contributed by atoms with Crippen LogP contribution in [0.1, 0.15) is 11.1 Å². The van der Waals surface area contributed by atoms with Gasteiger partial charge in [0.25, 0.3) is 5.91 Å². The largest absolute Gasteiger partial charge is 0.487 e. The predicted molar refractivity (Wildman–Crippen MR) is 120 cm³/mol. The van der Waals surface area contributed by atoms with Crippen molar-refractivity contribution in [3.05, 3.63) is 92.9 Å². The maximum Gasteiger partial charge on any atom is 0.277 e.